The van der Waals surface area contributed by atoms with Gasteiger partial charge >= 0.3 is 0 Å². The summed E-state index contributed by atoms with van der Waals surface area (Å²) in [6.45, 7) is 3.51. The summed E-state index contributed by atoms with van der Waals surface area (Å²) < 4.78 is 10.4. The number of carbonyl (C=O) groups excluding carboxylic acids is 1. The number of piperazine rings is 1. The van der Waals surface area contributed by atoms with Crippen molar-refractivity contribution >= 4 is 17.5 Å². The van der Waals surface area contributed by atoms with Crippen LogP contribution >= 0.6 is 0 Å². The fourth-order valence-electron chi connectivity index (χ4n) is 2.75. The zero-order valence-electron chi connectivity index (χ0n) is 14.4. The van der Waals surface area contributed by atoms with Gasteiger partial charge in [0.25, 0.3) is 0 Å². The molecule has 2 aromatic rings. The number of methoxy groups -OCH3 is 2. The van der Waals surface area contributed by atoms with Crippen LogP contribution in [0.5, 0.6) is 11.5 Å². The number of nitrogens with one attached hydrogen (secondary N) is 2. The van der Waals surface area contributed by atoms with Gasteiger partial charge in [-0.1, -0.05) is 0 Å². The number of benzene rings is 1. The van der Waals surface area contributed by atoms with Gasteiger partial charge in [0, 0.05) is 50.1 Å². The molecule has 1 aromatic carbocycles. The van der Waals surface area contributed by atoms with E-state index >= 15 is 0 Å². The molecular weight excluding hydrogens is 324 g/mol. The van der Waals surface area contributed by atoms with Gasteiger partial charge < -0.3 is 19.7 Å². The van der Waals surface area contributed by atoms with Crippen molar-refractivity contribution in [1.82, 2.24) is 20.1 Å². The predicted molar refractivity (Wildman–Crippen MR) is 93.2 cm³/mol. The Morgan fingerprint density at radius 3 is 2.40 bits per heavy atom. The van der Waals surface area contributed by atoms with E-state index < -0.39 is 0 Å². The van der Waals surface area contributed by atoms with E-state index in [0.29, 0.717) is 23.7 Å². The van der Waals surface area contributed by atoms with Crippen molar-refractivity contribution in [3.05, 3.63) is 24.5 Å². The Morgan fingerprint density at radius 1 is 1.16 bits per heavy atom. The third kappa shape index (κ3) is 4.38. The lowest BCUT2D eigenvalue weighted by Gasteiger charge is -2.33. The molecule has 2 N–H and O–H groups in total. The number of rotatable bonds is 6. The van der Waals surface area contributed by atoms with Crippen molar-refractivity contribution in [2.24, 2.45) is 0 Å². The Kier molecular flexibility index (Phi) is 5.34. The average molecular weight is 346 g/mol. The monoisotopic (exact) mass is 346 g/mol. The van der Waals surface area contributed by atoms with Crippen LogP contribution in [-0.4, -0.2) is 72.9 Å². The highest BCUT2D eigenvalue weighted by molar-refractivity contribution is 5.92. The van der Waals surface area contributed by atoms with E-state index in [1.54, 1.807) is 32.4 Å². The molecule has 3 rings (SSSR count). The smallest absolute Gasteiger partial charge is 0.238 e. The lowest BCUT2D eigenvalue weighted by atomic mass is 10.2. The summed E-state index contributed by atoms with van der Waals surface area (Å²) in [5, 5.41) is 9.62. The summed E-state index contributed by atoms with van der Waals surface area (Å²) in [6.07, 6.45) is 1.50. The van der Waals surface area contributed by atoms with E-state index in [2.05, 4.69) is 30.3 Å². The largest absolute Gasteiger partial charge is 0.497 e. The van der Waals surface area contributed by atoms with Crippen molar-refractivity contribution < 1.29 is 14.3 Å². The van der Waals surface area contributed by atoms with Gasteiger partial charge in [-0.3, -0.25) is 9.69 Å². The molecule has 0 saturated carbocycles. The Bertz CT molecular complexity index is 676. The molecule has 9 heteroatoms. The molecule has 2 heterocycles. The molecule has 1 aliphatic rings. The minimum Gasteiger partial charge on any atom is -0.497 e. The number of H-pyrrole nitrogens is 1. The van der Waals surface area contributed by atoms with Crippen LogP contribution in [0.2, 0.25) is 0 Å². The van der Waals surface area contributed by atoms with E-state index in [0.717, 1.165) is 32.1 Å². The second kappa shape index (κ2) is 7.84. The maximum absolute atomic E-state index is 12.3. The van der Waals surface area contributed by atoms with Crippen LogP contribution in [0.4, 0.5) is 11.6 Å². The van der Waals surface area contributed by atoms with Crippen LogP contribution in [0, 0.1) is 0 Å². The van der Waals surface area contributed by atoms with Gasteiger partial charge in [-0.05, 0) is 0 Å². The SMILES string of the molecule is COc1cc(NC(=O)CN2CCN(c3ncn[nH]3)CC2)cc(OC)c1. The van der Waals surface area contributed by atoms with Crippen molar-refractivity contribution in [1.29, 1.82) is 0 Å². The molecule has 1 amide bonds. The molecule has 0 radical (unpaired) electrons. The molecule has 0 unspecified atom stereocenters. The molecule has 0 atom stereocenters. The highest BCUT2D eigenvalue weighted by Gasteiger charge is 2.20. The van der Waals surface area contributed by atoms with Gasteiger partial charge in [0.05, 0.1) is 20.8 Å². The maximum Gasteiger partial charge on any atom is 0.238 e. The summed E-state index contributed by atoms with van der Waals surface area (Å²) in [5.41, 5.74) is 0.654. The number of carbonyl (C=O) groups is 1. The number of aromatic amines is 1. The van der Waals surface area contributed by atoms with E-state index in [1.807, 2.05) is 0 Å². The first-order chi connectivity index (χ1) is 12.2. The summed E-state index contributed by atoms with van der Waals surface area (Å²) in [6, 6.07) is 5.29. The minimum absolute atomic E-state index is 0.0663. The number of hydrogen-bond acceptors (Lipinski definition) is 7. The average Bonchev–Trinajstić information content (AvgIpc) is 3.16. The number of anilines is 2. The molecular formula is C16H22N6O3. The maximum atomic E-state index is 12.3. The molecule has 0 spiro atoms. The molecule has 1 fully saturated rings. The highest BCUT2D eigenvalue weighted by atomic mass is 16.5. The predicted octanol–water partition coefficient (Wildman–Crippen LogP) is 0.583. The number of nitrogens with zero attached hydrogens (tertiary/aromatic N) is 4. The quantitative estimate of drug-likeness (QED) is 0.790. The molecule has 0 bridgehead atoms. The van der Waals surface area contributed by atoms with Crippen LogP contribution in [0.1, 0.15) is 0 Å². The van der Waals surface area contributed by atoms with Gasteiger partial charge in [0.2, 0.25) is 11.9 Å². The summed E-state index contributed by atoms with van der Waals surface area (Å²) in [7, 11) is 3.16. The van der Waals surface area contributed by atoms with Crippen molar-refractivity contribution in [3.8, 4) is 11.5 Å². The zero-order chi connectivity index (χ0) is 17.6. The number of ether oxygens (including phenoxy) is 2. The third-order valence-corrected chi connectivity index (χ3v) is 4.08. The zero-order valence-corrected chi connectivity index (χ0v) is 14.4. The van der Waals surface area contributed by atoms with Crippen LogP contribution in [0.3, 0.4) is 0 Å². The normalized spacial score (nSPS) is 15.0. The van der Waals surface area contributed by atoms with Crippen molar-refractivity contribution in [2.45, 2.75) is 0 Å². The molecule has 134 valence electrons. The fourth-order valence-corrected chi connectivity index (χ4v) is 2.75. The highest BCUT2D eigenvalue weighted by Crippen LogP contribution is 2.25. The number of amides is 1. The van der Waals surface area contributed by atoms with Crippen LogP contribution in [0.15, 0.2) is 24.5 Å². The second-order valence-electron chi connectivity index (χ2n) is 5.72. The molecule has 1 aliphatic heterocycles. The first-order valence-corrected chi connectivity index (χ1v) is 8.03. The van der Waals surface area contributed by atoms with Crippen molar-refractivity contribution in [3.63, 3.8) is 0 Å². The number of aromatic nitrogens is 3. The van der Waals surface area contributed by atoms with E-state index in [4.69, 9.17) is 9.47 Å². The summed E-state index contributed by atoms with van der Waals surface area (Å²) in [4.78, 5) is 20.7. The molecule has 9 nitrogen and oxygen atoms in total. The summed E-state index contributed by atoms with van der Waals surface area (Å²) >= 11 is 0. The van der Waals surface area contributed by atoms with Crippen LogP contribution in [-0.2, 0) is 4.79 Å². The van der Waals surface area contributed by atoms with Crippen molar-refractivity contribution in [2.75, 3.05) is 57.2 Å². The molecule has 1 aromatic heterocycles. The fraction of sp³-hybridized carbons (Fsp3) is 0.438. The topological polar surface area (TPSA) is 95.6 Å². The third-order valence-electron chi connectivity index (χ3n) is 4.08. The minimum atomic E-state index is -0.0663. The van der Waals surface area contributed by atoms with E-state index in [9.17, 15) is 4.79 Å². The second-order valence-corrected chi connectivity index (χ2v) is 5.72. The van der Waals surface area contributed by atoms with Crippen LogP contribution < -0.4 is 19.7 Å². The van der Waals surface area contributed by atoms with Gasteiger partial charge in [0.15, 0.2) is 0 Å². The van der Waals surface area contributed by atoms with Gasteiger partial charge in [-0.2, -0.15) is 10.1 Å². The van der Waals surface area contributed by atoms with Gasteiger partial charge in [-0.25, -0.2) is 5.10 Å². The first kappa shape index (κ1) is 17.0. The van der Waals surface area contributed by atoms with Gasteiger partial charge in [0.1, 0.15) is 17.8 Å². The first-order valence-electron chi connectivity index (χ1n) is 8.03. The van der Waals surface area contributed by atoms with Gasteiger partial charge in [-0.15, -0.1) is 0 Å². The lowest BCUT2D eigenvalue weighted by Crippen LogP contribution is -2.49. The van der Waals surface area contributed by atoms with Crippen LogP contribution in [0.25, 0.3) is 0 Å². The molecule has 0 aliphatic carbocycles. The lowest BCUT2D eigenvalue weighted by molar-refractivity contribution is -0.117. The Labute approximate surface area is 145 Å². The Hall–Kier alpha value is -2.81. The number of hydrogen-bond donors (Lipinski definition) is 2. The Morgan fingerprint density at radius 2 is 1.84 bits per heavy atom. The Balaban J connectivity index is 1.52. The molecule has 25 heavy (non-hydrogen) atoms. The standard InChI is InChI=1S/C16H22N6O3/c1-24-13-7-12(8-14(9-13)25-2)19-15(23)10-21-3-5-22(6-4-21)16-17-11-18-20-16/h7-9,11H,3-6,10H2,1-2H3,(H,19,23)(H,17,18,20). The van der Waals surface area contributed by atoms with E-state index in [1.165, 1.54) is 6.33 Å². The van der Waals surface area contributed by atoms with E-state index in [-0.39, 0.29) is 5.91 Å². The summed E-state index contributed by atoms with van der Waals surface area (Å²) in [5.74, 6) is 1.97. The molecule has 1 saturated heterocycles.